The molecule has 0 heterocycles. The van der Waals surface area contributed by atoms with Crippen molar-refractivity contribution in [2.24, 2.45) is 0 Å². The zero-order valence-corrected chi connectivity index (χ0v) is 30.8. The number of rotatable bonds is 32. The van der Waals surface area contributed by atoms with Crippen molar-refractivity contribution in [3.05, 3.63) is 35.4 Å². The van der Waals surface area contributed by atoms with E-state index in [9.17, 15) is 9.59 Å². The van der Waals surface area contributed by atoms with Crippen molar-refractivity contribution in [2.45, 2.75) is 155 Å². The number of hydrogen-bond donors (Lipinski definition) is 2. The van der Waals surface area contributed by atoms with E-state index in [1.807, 2.05) is 12.1 Å². The van der Waals surface area contributed by atoms with Crippen molar-refractivity contribution in [3.63, 3.8) is 0 Å². The van der Waals surface area contributed by atoms with Crippen molar-refractivity contribution >= 4 is 11.8 Å². The van der Waals surface area contributed by atoms with Gasteiger partial charge in [0.25, 0.3) is 11.8 Å². The van der Waals surface area contributed by atoms with Crippen molar-refractivity contribution < 1.29 is 9.59 Å². The molecule has 0 aliphatic carbocycles. The van der Waals surface area contributed by atoms with Gasteiger partial charge in [-0.2, -0.15) is 0 Å². The number of carbonyl (C=O) groups is 2. The first-order valence-electron chi connectivity index (χ1n) is 19.5. The van der Waals surface area contributed by atoms with E-state index >= 15 is 0 Å². The van der Waals surface area contributed by atoms with Crippen LogP contribution in [0.2, 0.25) is 0 Å². The van der Waals surface area contributed by atoms with Gasteiger partial charge in [0.2, 0.25) is 0 Å². The minimum absolute atomic E-state index is 0.178. The molecule has 2 amide bonds. The van der Waals surface area contributed by atoms with E-state index in [-0.39, 0.29) is 11.8 Å². The standard InChI is InChI=1S/C40H74N4O2/c1-5-7-9-11-13-15-17-19-21-23-27-33-43(3)35-31-41-39(45)37-29-25-26-30-38(37)40(46)42-32-36-44(4)34-28-24-22-20-18-16-14-12-10-8-6-2/h25-26,29-30H,5-24,27-28,31-36H2,1-4H3,(H,41,45)(H,42,46). The van der Waals surface area contributed by atoms with E-state index in [0.29, 0.717) is 24.2 Å². The van der Waals surface area contributed by atoms with Crippen LogP contribution in [-0.4, -0.2) is 75.0 Å². The van der Waals surface area contributed by atoms with E-state index in [1.54, 1.807) is 12.1 Å². The molecule has 6 heteroatoms. The highest BCUT2D eigenvalue weighted by molar-refractivity contribution is 6.07. The molecule has 0 saturated carbocycles. The van der Waals surface area contributed by atoms with E-state index in [2.05, 4.69) is 48.4 Å². The number of nitrogens with one attached hydrogen (secondary N) is 2. The summed E-state index contributed by atoms with van der Waals surface area (Å²) in [5.74, 6) is -0.357. The number of likely N-dealkylation sites (N-methyl/N-ethyl adjacent to an activating group) is 2. The molecule has 0 spiro atoms. The minimum Gasteiger partial charge on any atom is -0.351 e. The zero-order chi connectivity index (χ0) is 33.5. The lowest BCUT2D eigenvalue weighted by Gasteiger charge is -2.18. The summed E-state index contributed by atoms with van der Waals surface area (Å²) in [6, 6.07) is 7.15. The Morgan fingerprint density at radius 3 is 1.04 bits per heavy atom. The Hall–Kier alpha value is -1.92. The summed E-state index contributed by atoms with van der Waals surface area (Å²) < 4.78 is 0. The highest BCUT2D eigenvalue weighted by Gasteiger charge is 2.16. The summed E-state index contributed by atoms with van der Waals surface area (Å²) in [6.07, 6.45) is 29.8. The summed E-state index contributed by atoms with van der Waals surface area (Å²) in [4.78, 5) is 30.5. The lowest BCUT2D eigenvalue weighted by molar-refractivity contribution is 0.0915. The Morgan fingerprint density at radius 1 is 0.457 bits per heavy atom. The number of carbonyl (C=O) groups excluding carboxylic acids is 2. The van der Waals surface area contributed by atoms with Gasteiger partial charge >= 0.3 is 0 Å². The fraction of sp³-hybridized carbons (Fsp3) is 0.800. The van der Waals surface area contributed by atoms with Crippen molar-refractivity contribution in [2.75, 3.05) is 53.4 Å². The predicted molar refractivity (Wildman–Crippen MR) is 199 cm³/mol. The molecule has 266 valence electrons. The molecule has 46 heavy (non-hydrogen) atoms. The number of amides is 2. The molecular weight excluding hydrogens is 568 g/mol. The second-order valence-electron chi connectivity index (χ2n) is 13.7. The van der Waals surface area contributed by atoms with Crippen LogP contribution in [0.5, 0.6) is 0 Å². The van der Waals surface area contributed by atoms with Crippen LogP contribution >= 0.6 is 0 Å². The summed E-state index contributed by atoms with van der Waals surface area (Å²) in [6.45, 7) is 9.43. The second-order valence-corrected chi connectivity index (χ2v) is 13.7. The molecule has 6 nitrogen and oxygen atoms in total. The van der Waals surface area contributed by atoms with Crippen LogP contribution in [0.15, 0.2) is 24.3 Å². The highest BCUT2D eigenvalue weighted by atomic mass is 16.2. The average molecular weight is 643 g/mol. The Kier molecular flexibility index (Phi) is 27.8. The fourth-order valence-electron chi connectivity index (χ4n) is 6.11. The van der Waals surface area contributed by atoms with Gasteiger partial charge in [-0.15, -0.1) is 0 Å². The Balaban J connectivity index is 2.15. The first kappa shape index (κ1) is 42.1. The van der Waals surface area contributed by atoms with Crippen molar-refractivity contribution in [3.8, 4) is 0 Å². The van der Waals surface area contributed by atoms with Gasteiger partial charge in [0.1, 0.15) is 0 Å². The van der Waals surface area contributed by atoms with E-state index in [0.717, 1.165) is 26.2 Å². The quantitative estimate of drug-likeness (QED) is 0.0768. The molecule has 1 aromatic carbocycles. The van der Waals surface area contributed by atoms with Gasteiger partial charge in [0.05, 0.1) is 11.1 Å². The topological polar surface area (TPSA) is 64.7 Å². The molecular formula is C40H74N4O2. The summed E-state index contributed by atoms with van der Waals surface area (Å²) in [5.41, 5.74) is 0.893. The fourth-order valence-corrected chi connectivity index (χ4v) is 6.11. The van der Waals surface area contributed by atoms with Gasteiger partial charge in [0, 0.05) is 26.2 Å². The Labute approximate surface area is 285 Å². The zero-order valence-electron chi connectivity index (χ0n) is 30.8. The maximum absolute atomic E-state index is 13.0. The monoisotopic (exact) mass is 643 g/mol. The molecule has 0 radical (unpaired) electrons. The second kappa shape index (κ2) is 30.4. The molecule has 0 saturated heterocycles. The van der Waals surface area contributed by atoms with Gasteiger partial charge in [-0.05, 0) is 52.2 Å². The van der Waals surface area contributed by atoms with Crippen LogP contribution in [0, 0.1) is 0 Å². The number of unbranched alkanes of at least 4 members (excludes halogenated alkanes) is 20. The first-order valence-corrected chi connectivity index (χ1v) is 19.5. The lowest BCUT2D eigenvalue weighted by Crippen LogP contribution is -2.36. The molecule has 2 N–H and O–H groups in total. The summed E-state index contributed by atoms with van der Waals surface area (Å²) in [5, 5.41) is 6.06. The third kappa shape index (κ3) is 23.4. The third-order valence-electron chi connectivity index (χ3n) is 9.26. The van der Waals surface area contributed by atoms with Gasteiger partial charge < -0.3 is 20.4 Å². The van der Waals surface area contributed by atoms with Gasteiger partial charge in [-0.25, -0.2) is 0 Å². The van der Waals surface area contributed by atoms with E-state index < -0.39 is 0 Å². The lowest BCUT2D eigenvalue weighted by atomic mass is 10.1. The maximum Gasteiger partial charge on any atom is 0.252 e. The molecule has 0 bridgehead atoms. The van der Waals surface area contributed by atoms with Gasteiger partial charge in [0.15, 0.2) is 0 Å². The van der Waals surface area contributed by atoms with E-state index in [4.69, 9.17) is 0 Å². The van der Waals surface area contributed by atoms with Crippen LogP contribution in [0.1, 0.15) is 176 Å². The molecule has 0 aromatic heterocycles. The number of benzene rings is 1. The van der Waals surface area contributed by atoms with Crippen LogP contribution in [0.25, 0.3) is 0 Å². The Morgan fingerprint density at radius 2 is 0.739 bits per heavy atom. The summed E-state index contributed by atoms with van der Waals surface area (Å²) >= 11 is 0. The highest BCUT2D eigenvalue weighted by Crippen LogP contribution is 2.13. The number of nitrogens with zero attached hydrogens (tertiary/aromatic N) is 2. The van der Waals surface area contributed by atoms with Crippen LogP contribution in [0.3, 0.4) is 0 Å². The molecule has 0 aliphatic rings. The van der Waals surface area contributed by atoms with Crippen LogP contribution in [0.4, 0.5) is 0 Å². The average Bonchev–Trinajstić information content (AvgIpc) is 3.06. The van der Waals surface area contributed by atoms with Crippen molar-refractivity contribution in [1.82, 2.24) is 20.4 Å². The molecule has 1 rings (SSSR count). The van der Waals surface area contributed by atoms with Crippen molar-refractivity contribution in [1.29, 1.82) is 0 Å². The molecule has 0 aliphatic heterocycles. The minimum atomic E-state index is -0.178. The van der Waals surface area contributed by atoms with E-state index in [1.165, 1.54) is 141 Å². The molecule has 0 unspecified atom stereocenters. The van der Waals surface area contributed by atoms with Gasteiger partial charge in [-0.1, -0.05) is 154 Å². The third-order valence-corrected chi connectivity index (χ3v) is 9.26. The predicted octanol–water partition coefficient (Wildman–Crippen LogP) is 9.63. The van der Waals surface area contributed by atoms with Gasteiger partial charge in [-0.3, -0.25) is 9.59 Å². The normalized spacial score (nSPS) is 11.4. The molecule has 1 aromatic rings. The van der Waals surface area contributed by atoms with Crippen LogP contribution < -0.4 is 10.6 Å². The summed E-state index contributed by atoms with van der Waals surface area (Å²) in [7, 11) is 4.25. The molecule has 0 fully saturated rings. The Bertz CT molecular complexity index is 792. The first-order chi connectivity index (χ1) is 22.5. The SMILES string of the molecule is CCCCCCCCCCCCCN(C)CCNC(=O)c1ccccc1C(=O)NCCN(C)CCCCCCCCCCCCC. The smallest absolute Gasteiger partial charge is 0.252 e. The maximum atomic E-state index is 13.0. The molecule has 0 atom stereocenters. The van der Waals surface area contributed by atoms with Crippen LogP contribution in [-0.2, 0) is 0 Å². The largest absolute Gasteiger partial charge is 0.351 e. The number of hydrogen-bond acceptors (Lipinski definition) is 4.